The van der Waals surface area contributed by atoms with Crippen molar-refractivity contribution < 1.29 is 10.2 Å². The highest BCUT2D eigenvalue weighted by molar-refractivity contribution is 5.41. The van der Waals surface area contributed by atoms with Crippen molar-refractivity contribution in [2.45, 2.75) is 89.9 Å². The predicted molar refractivity (Wildman–Crippen MR) is 102 cm³/mol. The van der Waals surface area contributed by atoms with Crippen LogP contribution in [0.5, 0.6) is 5.75 Å². The summed E-state index contributed by atoms with van der Waals surface area (Å²) in [6.07, 6.45) is 10.7. The lowest BCUT2D eigenvalue weighted by atomic mass is 9.76. The molecule has 2 unspecified atom stereocenters. The van der Waals surface area contributed by atoms with Crippen LogP contribution in [0.25, 0.3) is 0 Å². The van der Waals surface area contributed by atoms with E-state index in [2.05, 4.69) is 32.9 Å². The zero-order valence-corrected chi connectivity index (χ0v) is 15.9. The number of rotatable bonds is 8. The van der Waals surface area contributed by atoms with Crippen LogP contribution in [0.3, 0.4) is 0 Å². The monoisotopic (exact) mass is 332 g/mol. The van der Waals surface area contributed by atoms with E-state index < -0.39 is 0 Å². The molecule has 1 aromatic carbocycles. The fourth-order valence-electron chi connectivity index (χ4n) is 4.19. The Hall–Kier alpha value is -1.02. The van der Waals surface area contributed by atoms with Crippen molar-refractivity contribution in [2.24, 2.45) is 5.92 Å². The molecule has 2 N–H and O–H groups in total. The number of aromatic hydroxyl groups is 1. The number of hydrogen-bond donors (Lipinski definition) is 2. The predicted octanol–water partition coefficient (Wildman–Crippen LogP) is 5.91. The maximum atomic E-state index is 10.6. The third kappa shape index (κ3) is 4.99. The van der Waals surface area contributed by atoms with Gasteiger partial charge in [-0.15, -0.1) is 0 Å². The molecule has 1 fully saturated rings. The van der Waals surface area contributed by atoms with Gasteiger partial charge in [0.05, 0.1) is 0 Å². The van der Waals surface area contributed by atoms with Crippen LogP contribution in [0.2, 0.25) is 0 Å². The van der Waals surface area contributed by atoms with Crippen molar-refractivity contribution >= 4 is 0 Å². The van der Waals surface area contributed by atoms with Gasteiger partial charge in [0.25, 0.3) is 0 Å². The first-order valence-electron chi connectivity index (χ1n) is 9.92. The van der Waals surface area contributed by atoms with E-state index in [0.29, 0.717) is 17.6 Å². The average molecular weight is 333 g/mol. The molecule has 0 saturated heterocycles. The summed E-state index contributed by atoms with van der Waals surface area (Å²) in [5.74, 6) is 1.26. The van der Waals surface area contributed by atoms with Crippen molar-refractivity contribution in [3.8, 4) is 5.75 Å². The van der Waals surface area contributed by atoms with Crippen LogP contribution < -0.4 is 0 Å². The molecule has 24 heavy (non-hydrogen) atoms. The number of aliphatic hydroxyl groups is 1. The van der Waals surface area contributed by atoms with Gasteiger partial charge in [0.15, 0.2) is 0 Å². The molecule has 0 aromatic heterocycles. The van der Waals surface area contributed by atoms with E-state index in [1.807, 2.05) is 6.07 Å². The van der Waals surface area contributed by atoms with Gasteiger partial charge in [-0.05, 0) is 60.1 Å². The van der Waals surface area contributed by atoms with E-state index in [1.165, 1.54) is 37.7 Å². The summed E-state index contributed by atoms with van der Waals surface area (Å²) in [5, 5.41) is 20.0. The van der Waals surface area contributed by atoms with Crippen molar-refractivity contribution in [1.29, 1.82) is 0 Å². The molecule has 0 amide bonds. The van der Waals surface area contributed by atoms with Gasteiger partial charge in [-0.3, -0.25) is 0 Å². The molecule has 2 rings (SSSR count). The molecule has 1 saturated carbocycles. The van der Waals surface area contributed by atoms with E-state index >= 15 is 0 Å². The van der Waals surface area contributed by atoms with Crippen LogP contribution in [0.15, 0.2) is 18.2 Å². The summed E-state index contributed by atoms with van der Waals surface area (Å²) in [5.41, 5.74) is 2.44. The Morgan fingerprint density at radius 1 is 1.12 bits per heavy atom. The second kappa shape index (κ2) is 8.89. The summed E-state index contributed by atoms with van der Waals surface area (Å²) >= 11 is 0. The molecule has 1 aromatic rings. The minimum absolute atomic E-state index is 0.115. The summed E-state index contributed by atoms with van der Waals surface area (Å²) < 4.78 is 0. The lowest BCUT2D eigenvalue weighted by Gasteiger charge is -2.30. The second-order valence-electron chi connectivity index (χ2n) is 8.38. The molecular weight excluding hydrogens is 296 g/mol. The summed E-state index contributed by atoms with van der Waals surface area (Å²) in [6.45, 7) is 7.10. The standard InChI is InChI=1S/C22H36O2/c1-4-5-6-7-13-22(2,3)19-11-12-20(21(24)15-19)18-10-8-9-17(14-18)16-23/h11-12,15,17-18,23-24H,4-10,13-14,16H2,1-3H3. The lowest BCUT2D eigenvalue weighted by Crippen LogP contribution is -2.19. The van der Waals surface area contributed by atoms with Gasteiger partial charge in [0, 0.05) is 6.61 Å². The molecule has 0 bridgehead atoms. The van der Waals surface area contributed by atoms with E-state index in [0.717, 1.165) is 31.2 Å². The van der Waals surface area contributed by atoms with Crippen molar-refractivity contribution in [3.05, 3.63) is 29.3 Å². The van der Waals surface area contributed by atoms with Gasteiger partial charge >= 0.3 is 0 Å². The van der Waals surface area contributed by atoms with E-state index in [9.17, 15) is 10.2 Å². The average Bonchev–Trinajstić information content (AvgIpc) is 2.58. The van der Waals surface area contributed by atoms with Crippen LogP contribution >= 0.6 is 0 Å². The Bertz CT molecular complexity index is 507. The van der Waals surface area contributed by atoms with E-state index in [1.54, 1.807) is 0 Å². The normalized spacial score (nSPS) is 21.8. The van der Waals surface area contributed by atoms with Gasteiger partial charge < -0.3 is 10.2 Å². The fraction of sp³-hybridized carbons (Fsp3) is 0.727. The molecule has 2 nitrogen and oxygen atoms in total. The molecular formula is C22H36O2. The van der Waals surface area contributed by atoms with Crippen LogP contribution in [-0.2, 0) is 5.41 Å². The molecule has 2 heteroatoms. The number of unbranched alkanes of at least 4 members (excludes halogenated alkanes) is 3. The Kier molecular flexibility index (Phi) is 7.16. The summed E-state index contributed by atoms with van der Waals surface area (Å²) in [6, 6.07) is 6.36. The number of phenolic OH excluding ortho intramolecular Hbond substituents is 1. The molecule has 0 heterocycles. The second-order valence-corrected chi connectivity index (χ2v) is 8.38. The van der Waals surface area contributed by atoms with Crippen molar-refractivity contribution in [1.82, 2.24) is 0 Å². The highest BCUT2D eigenvalue weighted by atomic mass is 16.3. The summed E-state index contributed by atoms with van der Waals surface area (Å²) in [4.78, 5) is 0. The van der Waals surface area contributed by atoms with Crippen molar-refractivity contribution in [3.63, 3.8) is 0 Å². The molecule has 136 valence electrons. The minimum Gasteiger partial charge on any atom is -0.508 e. The smallest absolute Gasteiger partial charge is 0.119 e. The largest absolute Gasteiger partial charge is 0.508 e. The molecule has 0 spiro atoms. The van der Waals surface area contributed by atoms with Crippen LogP contribution in [-0.4, -0.2) is 16.8 Å². The topological polar surface area (TPSA) is 40.5 Å². The van der Waals surface area contributed by atoms with Gasteiger partial charge in [-0.1, -0.05) is 65.0 Å². The first kappa shape index (κ1) is 19.3. The maximum Gasteiger partial charge on any atom is 0.119 e. The summed E-state index contributed by atoms with van der Waals surface area (Å²) in [7, 11) is 0. The Morgan fingerprint density at radius 3 is 2.58 bits per heavy atom. The highest BCUT2D eigenvalue weighted by Gasteiger charge is 2.26. The van der Waals surface area contributed by atoms with Gasteiger partial charge in [-0.2, -0.15) is 0 Å². The van der Waals surface area contributed by atoms with Crippen LogP contribution in [0, 0.1) is 5.92 Å². The van der Waals surface area contributed by atoms with Gasteiger partial charge in [0.1, 0.15) is 5.75 Å². The number of benzene rings is 1. The molecule has 1 aliphatic carbocycles. The Labute approximate surface area is 148 Å². The Morgan fingerprint density at radius 2 is 1.92 bits per heavy atom. The quantitative estimate of drug-likeness (QED) is 0.581. The zero-order valence-electron chi connectivity index (χ0n) is 15.9. The van der Waals surface area contributed by atoms with Crippen LogP contribution in [0.4, 0.5) is 0 Å². The lowest BCUT2D eigenvalue weighted by molar-refractivity contribution is 0.179. The third-order valence-electron chi connectivity index (χ3n) is 5.95. The minimum atomic E-state index is 0.115. The third-order valence-corrected chi connectivity index (χ3v) is 5.95. The van der Waals surface area contributed by atoms with E-state index in [4.69, 9.17) is 0 Å². The molecule has 0 aliphatic heterocycles. The fourth-order valence-corrected chi connectivity index (χ4v) is 4.19. The number of aliphatic hydroxyl groups excluding tert-OH is 1. The van der Waals surface area contributed by atoms with E-state index in [-0.39, 0.29) is 12.0 Å². The first-order chi connectivity index (χ1) is 11.5. The maximum absolute atomic E-state index is 10.6. The molecule has 2 atom stereocenters. The first-order valence-corrected chi connectivity index (χ1v) is 9.92. The van der Waals surface area contributed by atoms with Crippen LogP contribution in [0.1, 0.15) is 95.6 Å². The Balaban J connectivity index is 2.05. The number of phenols is 1. The van der Waals surface area contributed by atoms with Gasteiger partial charge in [0.2, 0.25) is 0 Å². The zero-order chi connectivity index (χ0) is 17.6. The molecule has 0 radical (unpaired) electrons. The van der Waals surface area contributed by atoms with Crippen molar-refractivity contribution in [2.75, 3.05) is 6.61 Å². The van der Waals surface area contributed by atoms with Gasteiger partial charge in [-0.25, -0.2) is 0 Å². The highest BCUT2D eigenvalue weighted by Crippen LogP contribution is 2.41. The number of hydrogen-bond acceptors (Lipinski definition) is 2. The molecule has 1 aliphatic rings. The SMILES string of the molecule is CCCCCCC(C)(C)c1ccc(C2CCCC(CO)C2)c(O)c1.